The minimum atomic E-state index is -0.359. The lowest BCUT2D eigenvalue weighted by atomic mass is 10.1. The number of rotatable bonds is 7. The Hall–Kier alpha value is -1.46. The smallest absolute Gasteiger partial charge is 0.251 e. The molecule has 1 amide bonds. The molecule has 5 nitrogen and oxygen atoms in total. The Bertz CT molecular complexity index is 463. The average Bonchev–Trinajstić information content (AvgIpc) is 2.42. The monoisotopic (exact) mass is 301 g/mol. The Morgan fingerprint density at radius 2 is 2.10 bits per heavy atom. The summed E-state index contributed by atoms with van der Waals surface area (Å²) >= 11 is 6.04. The molecule has 1 atom stereocenters. The highest BCUT2D eigenvalue weighted by molar-refractivity contribution is 6.32. The summed E-state index contributed by atoms with van der Waals surface area (Å²) in [4.78, 5) is 12.0. The van der Waals surface area contributed by atoms with E-state index in [1.165, 1.54) is 20.3 Å². The average molecular weight is 302 g/mol. The van der Waals surface area contributed by atoms with Gasteiger partial charge in [0, 0.05) is 12.1 Å². The fourth-order valence-electron chi connectivity index (χ4n) is 1.75. The number of hydrogen-bond donors (Lipinski definition) is 2. The van der Waals surface area contributed by atoms with E-state index >= 15 is 0 Å². The third-order valence-corrected chi connectivity index (χ3v) is 3.06. The number of benzene rings is 1. The Labute approximate surface area is 123 Å². The summed E-state index contributed by atoms with van der Waals surface area (Å²) in [6, 6.07) is 3.11. The van der Waals surface area contributed by atoms with E-state index in [0.717, 1.165) is 0 Å². The second-order valence-corrected chi connectivity index (χ2v) is 4.85. The van der Waals surface area contributed by atoms with E-state index in [9.17, 15) is 4.79 Å². The van der Waals surface area contributed by atoms with Crippen molar-refractivity contribution in [1.29, 1.82) is 0 Å². The molecule has 112 valence electrons. The maximum atomic E-state index is 12.0. The predicted octanol–water partition coefficient (Wildman–Crippen LogP) is 2.25. The minimum absolute atomic E-state index is 0.238. The lowest BCUT2D eigenvalue weighted by molar-refractivity contribution is 0.0949. The molecule has 2 N–H and O–H groups in total. The van der Waals surface area contributed by atoms with E-state index in [1.807, 2.05) is 0 Å². The van der Waals surface area contributed by atoms with Crippen LogP contribution in [0.5, 0.6) is 11.5 Å². The van der Waals surface area contributed by atoms with Gasteiger partial charge in [-0.05, 0) is 31.9 Å². The summed E-state index contributed by atoms with van der Waals surface area (Å²) in [6.45, 7) is 2.21. The molecule has 0 aliphatic heterocycles. The predicted molar refractivity (Wildman–Crippen MR) is 77.8 cm³/mol. The molecule has 6 heteroatoms. The Morgan fingerprint density at radius 3 is 2.65 bits per heavy atom. The van der Waals surface area contributed by atoms with E-state index in [4.69, 9.17) is 26.2 Å². The molecule has 0 fully saturated rings. The molecule has 0 aliphatic rings. The molecule has 1 unspecified atom stereocenters. The standard InChI is InChI=1S/C14H20ClNO4/c1-9(17)5-4-6-16-14(18)10-7-11(15)13(20-3)12(8-10)19-2/h7-9,17H,4-6H2,1-3H3,(H,16,18). The fourth-order valence-corrected chi connectivity index (χ4v) is 2.04. The SMILES string of the molecule is COc1cc(C(=O)NCCCC(C)O)cc(Cl)c1OC. The second kappa shape index (κ2) is 7.97. The molecule has 0 aromatic heterocycles. The molecule has 0 aliphatic carbocycles. The molecule has 0 spiro atoms. The van der Waals surface area contributed by atoms with Crippen LogP contribution in [0.4, 0.5) is 0 Å². The first-order valence-electron chi connectivity index (χ1n) is 6.37. The van der Waals surface area contributed by atoms with Gasteiger partial charge in [-0.3, -0.25) is 4.79 Å². The number of nitrogens with one attached hydrogen (secondary N) is 1. The number of amides is 1. The van der Waals surface area contributed by atoms with Crippen LogP contribution in [0.25, 0.3) is 0 Å². The quantitative estimate of drug-likeness (QED) is 0.758. The zero-order chi connectivity index (χ0) is 15.1. The van der Waals surface area contributed by atoms with Gasteiger partial charge in [-0.25, -0.2) is 0 Å². The van der Waals surface area contributed by atoms with Crippen LogP contribution in [0, 0.1) is 0 Å². The van der Waals surface area contributed by atoms with Crippen molar-refractivity contribution in [3.05, 3.63) is 22.7 Å². The Morgan fingerprint density at radius 1 is 1.40 bits per heavy atom. The number of carbonyl (C=O) groups is 1. The highest BCUT2D eigenvalue weighted by Gasteiger charge is 2.14. The highest BCUT2D eigenvalue weighted by atomic mass is 35.5. The summed E-state index contributed by atoms with van der Waals surface area (Å²) in [5.74, 6) is 0.576. The molecule has 0 bridgehead atoms. The van der Waals surface area contributed by atoms with Crippen molar-refractivity contribution >= 4 is 17.5 Å². The lowest BCUT2D eigenvalue weighted by Gasteiger charge is -2.12. The molecule has 0 saturated heterocycles. The van der Waals surface area contributed by atoms with Gasteiger partial charge in [0.25, 0.3) is 5.91 Å². The number of aliphatic hydroxyl groups excluding tert-OH is 1. The van der Waals surface area contributed by atoms with E-state index < -0.39 is 0 Å². The highest BCUT2D eigenvalue weighted by Crippen LogP contribution is 2.35. The van der Waals surface area contributed by atoms with Gasteiger partial charge in [0.2, 0.25) is 0 Å². The van der Waals surface area contributed by atoms with Crippen molar-refractivity contribution in [3.63, 3.8) is 0 Å². The second-order valence-electron chi connectivity index (χ2n) is 4.44. The topological polar surface area (TPSA) is 67.8 Å². The van der Waals surface area contributed by atoms with Crippen LogP contribution in [-0.4, -0.2) is 37.9 Å². The van der Waals surface area contributed by atoms with E-state index in [2.05, 4.69) is 5.32 Å². The maximum absolute atomic E-state index is 12.0. The zero-order valence-electron chi connectivity index (χ0n) is 11.9. The molecular formula is C14H20ClNO4. The van der Waals surface area contributed by atoms with Crippen molar-refractivity contribution in [1.82, 2.24) is 5.32 Å². The molecule has 1 aromatic rings. The summed E-state index contributed by atoms with van der Waals surface area (Å²) in [5, 5.41) is 12.2. The first-order chi connectivity index (χ1) is 9.49. The van der Waals surface area contributed by atoms with Crippen molar-refractivity contribution in [2.45, 2.75) is 25.9 Å². The third kappa shape index (κ3) is 4.58. The first kappa shape index (κ1) is 16.6. The van der Waals surface area contributed by atoms with Crippen molar-refractivity contribution < 1.29 is 19.4 Å². The van der Waals surface area contributed by atoms with Crippen molar-refractivity contribution in [2.75, 3.05) is 20.8 Å². The van der Waals surface area contributed by atoms with Gasteiger partial charge in [-0.2, -0.15) is 0 Å². The lowest BCUT2D eigenvalue weighted by Crippen LogP contribution is -2.25. The van der Waals surface area contributed by atoms with Crippen molar-refractivity contribution in [3.8, 4) is 11.5 Å². The van der Waals surface area contributed by atoms with E-state index in [1.54, 1.807) is 13.0 Å². The van der Waals surface area contributed by atoms with Gasteiger partial charge in [-0.1, -0.05) is 11.6 Å². The molecule has 0 heterocycles. The molecule has 20 heavy (non-hydrogen) atoms. The molecule has 0 radical (unpaired) electrons. The molecule has 1 aromatic carbocycles. The minimum Gasteiger partial charge on any atom is -0.493 e. The van der Waals surface area contributed by atoms with E-state index in [-0.39, 0.29) is 12.0 Å². The Kier molecular flexibility index (Phi) is 6.61. The number of halogens is 1. The normalized spacial score (nSPS) is 11.8. The van der Waals surface area contributed by atoms with Crippen LogP contribution in [0.15, 0.2) is 12.1 Å². The number of carbonyl (C=O) groups excluding carboxylic acids is 1. The van der Waals surface area contributed by atoms with Crippen LogP contribution in [0.1, 0.15) is 30.1 Å². The van der Waals surface area contributed by atoms with Gasteiger partial charge in [0.15, 0.2) is 11.5 Å². The summed E-state index contributed by atoms with van der Waals surface area (Å²) in [7, 11) is 2.97. The van der Waals surface area contributed by atoms with Crippen LogP contribution in [0.3, 0.4) is 0 Å². The number of aliphatic hydroxyl groups is 1. The number of methoxy groups -OCH3 is 2. The van der Waals surface area contributed by atoms with Gasteiger partial charge in [0.1, 0.15) is 0 Å². The van der Waals surface area contributed by atoms with Gasteiger partial charge in [0.05, 0.1) is 25.3 Å². The van der Waals surface area contributed by atoms with Crippen LogP contribution >= 0.6 is 11.6 Å². The largest absolute Gasteiger partial charge is 0.493 e. The number of ether oxygens (including phenoxy) is 2. The molecule has 1 rings (SSSR count). The summed E-state index contributed by atoms with van der Waals surface area (Å²) in [5.41, 5.74) is 0.407. The van der Waals surface area contributed by atoms with Gasteiger partial charge < -0.3 is 19.9 Å². The Balaban J connectivity index is 2.71. The van der Waals surface area contributed by atoms with Crippen LogP contribution in [-0.2, 0) is 0 Å². The summed E-state index contributed by atoms with van der Waals surface area (Å²) in [6.07, 6.45) is 1.000. The number of hydrogen-bond acceptors (Lipinski definition) is 4. The maximum Gasteiger partial charge on any atom is 0.251 e. The zero-order valence-corrected chi connectivity index (χ0v) is 12.7. The van der Waals surface area contributed by atoms with Crippen molar-refractivity contribution in [2.24, 2.45) is 0 Å². The van der Waals surface area contributed by atoms with Gasteiger partial charge >= 0.3 is 0 Å². The fraction of sp³-hybridized carbons (Fsp3) is 0.500. The van der Waals surface area contributed by atoms with E-state index in [0.29, 0.717) is 41.5 Å². The van der Waals surface area contributed by atoms with Crippen LogP contribution in [0.2, 0.25) is 5.02 Å². The van der Waals surface area contributed by atoms with Gasteiger partial charge in [-0.15, -0.1) is 0 Å². The molecular weight excluding hydrogens is 282 g/mol. The first-order valence-corrected chi connectivity index (χ1v) is 6.75. The molecule has 0 saturated carbocycles. The summed E-state index contributed by atoms with van der Waals surface area (Å²) < 4.78 is 10.3. The van der Waals surface area contributed by atoms with Crippen LogP contribution < -0.4 is 14.8 Å². The third-order valence-electron chi connectivity index (χ3n) is 2.78.